The largest absolute Gasteiger partial charge is 0.385 e. The quantitative estimate of drug-likeness (QED) is 0.724. The van der Waals surface area contributed by atoms with Crippen molar-refractivity contribution in [2.75, 3.05) is 25.6 Å². The number of nitrogens with zero attached hydrogens (tertiary/aromatic N) is 2. The number of rotatable bonds is 7. The van der Waals surface area contributed by atoms with E-state index in [-0.39, 0.29) is 23.4 Å². The molecule has 0 aliphatic carbocycles. The fraction of sp³-hybridized carbons (Fsp3) is 0.615. The van der Waals surface area contributed by atoms with E-state index >= 15 is 0 Å². The van der Waals surface area contributed by atoms with Gasteiger partial charge in [0.25, 0.3) is 5.91 Å². The number of hydrogen-bond donors (Lipinski definition) is 2. The normalized spacial score (nSPS) is 10.7. The van der Waals surface area contributed by atoms with Crippen LogP contribution in [-0.4, -0.2) is 41.9 Å². The van der Waals surface area contributed by atoms with E-state index in [1.807, 2.05) is 0 Å². The highest BCUT2D eigenvalue weighted by Crippen LogP contribution is 2.10. The molecular weight excluding hydrogens is 260 g/mol. The Morgan fingerprint density at radius 1 is 1.45 bits per heavy atom. The van der Waals surface area contributed by atoms with Gasteiger partial charge in [0.15, 0.2) is 5.69 Å². The van der Waals surface area contributed by atoms with Crippen molar-refractivity contribution < 1.29 is 14.3 Å². The number of anilines is 1. The summed E-state index contributed by atoms with van der Waals surface area (Å²) in [7, 11) is 3.29. The molecule has 0 bridgehead atoms. The van der Waals surface area contributed by atoms with E-state index < -0.39 is 0 Å². The first-order valence-electron chi connectivity index (χ1n) is 6.57. The van der Waals surface area contributed by atoms with Gasteiger partial charge in [-0.25, -0.2) is 0 Å². The van der Waals surface area contributed by atoms with Gasteiger partial charge in [0.2, 0.25) is 5.91 Å². The van der Waals surface area contributed by atoms with Gasteiger partial charge in [0, 0.05) is 39.3 Å². The molecule has 112 valence electrons. The SMILES string of the molecule is COCCCNC(=O)c1cc(NC(=O)C(C)C)n(C)n1. The van der Waals surface area contributed by atoms with Crippen molar-refractivity contribution in [2.24, 2.45) is 13.0 Å². The third kappa shape index (κ3) is 4.65. The number of methoxy groups -OCH3 is 1. The Labute approximate surface area is 118 Å². The minimum atomic E-state index is -0.262. The lowest BCUT2D eigenvalue weighted by molar-refractivity contribution is -0.118. The fourth-order valence-corrected chi connectivity index (χ4v) is 1.47. The van der Waals surface area contributed by atoms with Crippen LogP contribution in [-0.2, 0) is 16.6 Å². The van der Waals surface area contributed by atoms with E-state index in [4.69, 9.17) is 4.74 Å². The van der Waals surface area contributed by atoms with Crippen molar-refractivity contribution in [2.45, 2.75) is 20.3 Å². The Hall–Kier alpha value is -1.89. The second-order valence-electron chi connectivity index (χ2n) is 4.78. The average molecular weight is 282 g/mol. The minimum absolute atomic E-state index is 0.111. The molecule has 1 aromatic rings. The maximum Gasteiger partial charge on any atom is 0.271 e. The van der Waals surface area contributed by atoms with Crippen molar-refractivity contribution in [3.63, 3.8) is 0 Å². The van der Waals surface area contributed by atoms with Crippen LogP contribution in [0.4, 0.5) is 5.82 Å². The second-order valence-corrected chi connectivity index (χ2v) is 4.78. The standard InChI is InChI=1S/C13H22N4O3/c1-9(2)12(18)15-11-8-10(16-17(11)3)13(19)14-6-5-7-20-4/h8-9H,5-7H2,1-4H3,(H,14,19)(H,15,18). The molecule has 0 radical (unpaired) electrons. The summed E-state index contributed by atoms with van der Waals surface area (Å²) in [4.78, 5) is 23.5. The van der Waals surface area contributed by atoms with E-state index in [1.54, 1.807) is 34.1 Å². The summed E-state index contributed by atoms with van der Waals surface area (Å²) in [6.07, 6.45) is 0.742. The van der Waals surface area contributed by atoms with Crippen LogP contribution in [0.25, 0.3) is 0 Å². The Kier molecular flexibility index (Phi) is 6.17. The van der Waals surface area contributed by atoms with E-state index in [1.165, 1.54) is 4.68 Å². The van der Waals surface area contributed by atoms with Crippen molar-refractivity contribution in [3.05, 3.63) is 11.8 Å². The number of ether oxygens (including phenoxy) is 1. The van der Waals surface area contributed by atoms with Crippen molar-refractivity contribution in [1.82, 2.24) is 15.1 Å². The molecule has 7 heteroatoms. The van der Waals surface area contributed by atoms with Crippen molar-refractivity contribution in [1.29, 1.82) is 0 Å². The summed E-state index contributed by atoms with van der Waals surface area (Å²) in [5, 5.41) is 9.55. The smallest absolute Gasteiger partial charge is 0.271 e. The van der Waals surface area contributed by atoms with E-state index in [0.717, 1.165) is 6.42 Å². The maximum absolute atomic E-state index is 11.9. The minimum Gasteiger partial charge on any atom is -0.385 e. The number of hydrogen-bond acceptors (Lipinski definition) is 4. The highest BCUT2D eigenvalue weighted by molar-refractivity contribution is 5.95. The molecule has 20 heavy (non-hydrogen) atoms. The highest BCUT2D eigenvalue weighted by Gasteiger charge is 2.15. The number of carbonyl (C=O) groups excluding carboxylic acids is 2. The molecule has 1 aromatic heterocycles. The number of carbonyl (C=O) groups is 2. The molecule has 0 saturated carbocycles. The Morgan fingerprint density at radius 3 is 2.75 bits per heavy atom. The molecule has 0 spiro atoms. The zero-order valence-electron chi connectivity index (χ0n) is 12.4. The molecule has 0 atom stereocenters. The molecule has 7 nitrogen and oxygen atoms in total. The molecule has 1 heterocycles. The average Bonchev–Trinajstić information content (AvgIpc) is 2.76. The van der Waals surface area contributed by atoms with Crippen LogP contribution < -0.4 is 10.6 Å². The van der Waals surface area contributed by atoms with Crippen LogP contribution in [0, 0.1) is 5.92 Å². The van der Waals surface area contributed by atoms with Crippen LogP contribution >= 0.6 is 0 Å². The third-order valence-corrected chi connectivity index (χ3v) is 2.70. The van der Waals surface area contributed by atoms with E-state index in [0.29, 0.717) is 19.0 Å². The Morgan fingerprint density at radius 2 is 2.15 bits per heavy atom. The van der Waals surface area contributed by atoms with Crippen LogP contribution in [0.3, 0.4) is 0 Å². The van der Waals surface area contributed by atoms with Gasteiger partial charge >= 0.3 is 0 Å². The lowest BCUT2D eigenvalue weighted by Gasteiger charge is -2.06. The second kappa shape index (κ2) is 7.64. The lowest BCUT2D eigenvalue weighted by atomic mass is 10.2. The zero-order chi connectivity index (χ0) is 15.1. The van der Waals surface area contributed by atoms with Gasteiger partial charge in [-0.1, -0.05) is 13.8 Å². The predicted octanol–water partition coefficient (Wildman–Crippen LogP) is 0.781. The molecule has 0 aromatic carbocycles. The van der Waals surface area contributed by atoms with E-state index in [2.05, 4.69) is 15.7 Å². The Balaban J connectivity index is 2.60. The highest BCUT2D eigenvalue weighted by atomic mass is 16.5. The first-order valence-corrected chi connectivity index (χ1v) is 6.57. The lowest BCUT2D eigenvalue weighted by Crippen LogP contribution is -2.25. The fourth-order valence-electron chi connectivity index (χ4n) is 1.47. The molecule has 2 N–H and O–H groups in total. The first kappa shape index (κ1) is 16.2. The topological polar surface area (TPSA) is 85.3 Å². The molecule has 0 saturated heterocycles. The third-order valence-electron chi connectivity index (χ3n) is 2.70. The van der Waals surface area contributed by atoms with E-state index in [9.17, 15) is 9.59 Å². The maximum atomic E-state index is 11.9. The zero-order valence-corrected chi connectivity index (χ0v) is 12.4. The molecule has 0 aliphatic rings. The van der Waals surface area contributed by atoms with Gasteiger partial charge in [-0.3, -0.25) is 14.3 Å². The molecule has 2 amide bonds. The van der Waals surface area contributed by atoms with Gasteiger partial charge in [0.05, 0.1) is 0 Å². The van der Waals surface area contributed by atoms with Crippen LogP contribution in [0.5, 0.6) is 0 Å². The van der Waals surface area contributed by atoms with Gasteiger partial charge in [-0.05, 0) is 6.42 Å². The van der Waals surface area contributed by atoms with Gasteiger partial charge in [0.1, 0.15) is 5.82 Å². The monoisotopic (exact) mass is 282 g/mol. The number of aryl methyl sites for hydroxylation is 1. The molecule has 0 unspecified atom stereocenters. The number of aromatic nitrogens is 2. The molecule has 0 aliphatic heterocycles. The summed E-state index contributed by atoms with van der Waals surface area (Å²) in [6, 6.07) is 1.56. The van der Waals surface area contributed by atoms with Crippen molar-refractivity contribution in [3.8, 4) is 0 Å². The molecule has 0 fully saturated rings. The van der Waals surface area contributed by atoms with Crippen molar-refractivity contribution >= 4 is 17.6 Å². The van der Waals surface area contributed by atoms with Crippen LogP contribution in [0.2, 0.25) is 0 Å². The van der Waals surface area contributed by atoms with Gasteiger partial charge in [-0.2, -0.15) is 5.10 Å². The van der Waals surface area contributed by atoms with Gasteiger partial charge < -0.3 is 15.4 Å². The summed E-state index contributed by atoms with van der Waals surface area (Å²) in [6.45, 7) is 4.72. The summed E-state index contributed by atoms with van der Waals surface area (Å²) < 4.78 is 6.38. The summed E-state index contributed by atoms with van der Waals surface area (Å²) in [5.41, 5.74) is 0.281. The Bertz CT molecular complexity index is 468. The van der Waals surface area contributed by atoms with Crippen LogP contribution in [0.1, 0.15) is 30.8 Å². The first-order chi connectivity index (χ1) is 9.45. The summed E-state index contributed by atoms with van der Waals surface area (Å²) >= 11 is 0. The number of amides is 2. The molecular formula is C13H22N4O3. The summed E-state index contributed by atoms with van der Waals surface area (Å²) in [5.74, 6) is 0.00348. The predicted molar refractivity (Wildman–Crippen MR) is 75.5 cm³/mol. The van der Waals surface area contributed by atoms with Crippen LogP contribution in [0.15, 0.2) is 6.07 Å². The number of nitrogens with one attached hydrogen (secondary N) is 2. The van der Waals surface area contributed by atoms with Gasteiger partial charge in [-0.15, -0.1) is 0 Å². The molecule has 1 rings (SSSR count).